The third-order valence-electron chi connectivity index (χ3n) is 4.90. The van der Waals surface area contributed by atoms with Crippen molar-refractivity contribution in [2.45, 2.75) is 89.0 Å². The van der Waals surface area contributed by atoms with Crippen molar-refractivity contribution in [2.75, 3.05) is 19.8 Å². The Bertz CT molecular complexity index is 834. The molecule has 10 nitrogen and oxygen atoms in total. The van der Waals surface area contributed by atoms with Crippen molar-refractivity contribution in [3.8, 4) is 0 Å². The normalized spacial score (nSPS) is 12.8. The number of carbonyl (C=O) groups excluding carboxylic acids is 3. The molecule has 275 valence electrons. The van der Waals surface area contributed by atoms with Crippen molar-refractivity contribution < 1.29 is 67.9 Å². The first-order valence-corrected chi connectivity index (χ1v) is 16.6. The van der Waals surface area contributed by atoms with E-state index in [2.05, 4.69) is 19.7 Å². The Balaban J connectivity index is -0.000000184. The van der Waals surface area contributed by atoms with Crippen LogP contribution in [0.3, 0.4) is 0 Å². The van der Waals surface area contributed by atoms with Gasteiger partial charge in [0, 0.05) is 0 Å². The number of hydrogen-bond acceptors (Lipinski definition) is 9. The third kappa shape index (κ3) is 28.0. The number of aliphatic hydroxyl groups is 3. The summed E-state index contributed by atoms with van der Waals surface area (Å²) in [7, 11) is 0. The molecule has 0 heterocycles. The number of aliphatic hydroxyl groups excluding tert-OH is 3. The van der Waals surface area contributed by atoms with Crippen LogP contribution in [0.1, 0.15) is 59.3 Å². The van der Waals surface area contributed by atoms with Gasteiger partial charge in [0.15, 0.2) is 0 Å². The number of unbranched alkanes of at least 4 members (excludes halogenated alkanes) is 3. The van der Waals surface area contributed by atoms with E-state index < -0.39 is 47.6 Å². The van der Waals surface area contributed by atoms with Crippen LogP contribution < -0.4 is 0 Å². The van der Waals surface area contributed by atoms with E-state index in [1.54, 1.807) is 0 Å². The maximum atomic E-state index is 11.2. The summed E-state index contributed by atoms with van der Waals surface area (Å²) in [5, 5.41) is 28.2. The molecule has 0 aliphatic heterocycles. The van der Waals surface area contributed by atoms with Gasteiger partial charge in [-0.1, -0.05) is 164 Å². The summed E-state index contributed by atoms with van der Waals surface area (Å²) >= 11 is 48.6. The monoisotopic (exact) mass is 889 g/mol. The van der Waals surface area contributed by atoms with E-state index in [4.69, 9.17) is 119 Å². The minimum absolute atomic E-state index is 0. The van der Waals surface area contributed by atoms with Gasteiger partial charge in [-0.2, -0.15) is 0 Å². The largest absolute Gasteiger partial charge is 2.00 e. The molecule has 0 saturated carbocycles. The Kier molecular flexibility index (Phi) is 35.5. The van der Waals surface area contributed by atoms with Crippen LogP contribution in [0.2, 0.25) is 0 Å². The zero-order valence-electron chi connectivity index (χ0n) is 25.8. The Morgan fingerprint density at radius 2 is 0.702 bits per heavy atom. The minimum atomic E-state index is -1.97. The molecule has 0 fully saturated rings. The summed E-state index contributed by atoms with van der Waals surface area (Å²) < 4.78 is 8.44. The van der Waals surface area contributed by atoms with E-state index in [0.717, 1.165) is 38.5 Å². The average molecular weight is 894 g/mol. The van der Waals surface area contributed by atoms with Crippen LogP contribution in [0.4, 0.5) is 0 Å². The molecule has 0 saturated heterocycles. The van der Waals surface area contributed by atoms with Gasteiger partial charge in [-0.05, 0) is 19.3 Å². The van der Waals surface area contributed by atoms with Crippen LogP contribution in [0, 0.1) is 0 Å². The summed E-state index contributed by atoms with van der Waals surface area (Å²) in [5.41, 5.74) is -0.775. The van der Waals surface area contributed by atoms with Crippen molar-refractivity contribution in [1.29, 1.82) is 0 Å². The predicted octanol–water partition coefficient (Wildman–Crippen LogP) is 7.73. The Morgan fingerprint density at radius 3 is 0.830 bits per heavy atom. The maximum absolute atomic E-state index is 11.2. The van der Waals surface area contributed by atoms with Crippen molar-refractivity contribution in [3.63, 3.8) is 0 Å². The van der Waals surface area contributed by atoms with Crippen LogP contribution in [0.15, 0.2) is 36.5 Å². The molecule has 0 aromatic heterocycles. The molecule has 0 bridgehead atoms. The number of halogens is 9. The Labute approximate surface area is 333 Å². The quantitative estimate of drug-likeness (QED) is 0.0490. The standard InChI is InChI=1S/3C9H13Cl3O3.O.V/c3*1-3-4-5-15-8(14)6(2)7(13)9(10,11)12;;/h3*7,13H,2-5H2,1H3;;/q;;;-2;+2. The SMILES string of the molecule is C=C(C(=O)OCCCC)C(O)C(Cl)(Cl)Cl.C=C(C(=O)OCCCC)C(O)C(Cl)(Cl)Cl.C=C(C(=O)OCCCC)C(O)C(Cl)(Cl)Cl.[O-2].[V+2]. The second kappa shape index (κ2) is 29.3. The molecule has 3 unspecified atom stereocenters. The van der Waals surface area contributed by atoms with Crippen molar-refractivity contribution in [2.24, 2.45) is 0 Å². The van der Waals surface area contributed by atoms with E-state index in [-0.39, 0.29) is 60.6 Å². The molecule has 3 atom stereocenters. The van der Waals surface area contributed by atoms with Crippen molar-refractivity contribution >= 4 is 122 Å². The summed E-state index contributed by atoms with van der Waals surface area (Å²) in [5.74, 6) is -2.24. The molecular weight excluding hydrogens is 854 g/mol. The van der Waals surface area contributed by atoms with Crippen LogP contribution in [-0.4, -0.2) is 82.7 Å². The van der Waals surface area contributed by atoms with E-state index >= 15 is 0 Å². The van der Waals surface area contributed by atoms with E-state index in [1.165, 1.54) is 0 Å². The van der Waals surface area contributed by atoms with Crippen LogP contribution in [0.25, 0.3) is 0 Å². The summed E-state index contributed by atoms with van der Waals surface area (Å²) in [6, 6.07) is 0. The Hall–Kier alpha value is 0.664. The molecule has 0 aliphatic rings. The van der Waals surface area contributed by atoms with E-state index in [0.29, 0.717) is 0 Å². The number of esters is 3. The summed E-state index contributed by atoms with van der Waals surface area (Å²) in [6.45, 7) is 16.6. The van der Waals surface area contributed by atoms with Crippen LogP contribution in [0.5, 0.6) is 0 Å². The van der Waals surface area contributed by atoms with Gasteiger partial charge >= 0.3 is 36.5 Å². The molecule has 0 spiro atoms. The fourth-order valence-electron chi connectivity index (χ4n) is 2.13. The molecule has 47 heavy (non-hydrogen) atoms. The first-order valence-electron chi connectivity index (χ1n) is 13.2. The molecule has 20 heteroatoms. The van der Waals surface area contributed by atoms with Gasteiger partial charge in [-0.3, -0.25) is 0 Å². The number of alkyl halides is 9. The zero-order chi connectivity index (χ0) is 36.2. The minimum Gasteiger partial charge on any atom is -2.00 e. The molecule has 1 radical (unpaired) electrons. The van der Waals surface area contributed by atoms with E-state index in [9.17, 15) is 29.7 Å². The predicted molar refractivity (Wildman–Crippen MR) is 185 cm³/mol. The molecule has 0 aromatic carbocycles. The summed E-state index contributed by atoms with van der Waals surface area (Å²) in [4.78, 5) is 33.7. The molecule has 0 amide bonds. The van der Waals surface area contributed by atoms with Gasteiger partial charge in [-0.15, -0.1) is 0 Å². The number of rotatable bonds is 15. The van der Waals surface area contributed by atoms with Gasteiger partial charge in [0.25, 0.3) is 0 Å². The van der Waals surface area contributed by atoms with Gasteiger partial charge in [0.1, 0.15) is 18.3 Å². The van der Waals surface area contributed by atoms with Gasteiger partial charge in [-0.25, -0.2) is 14.4 Å². The van der Waals surface area contributed by atoms with Crippen molar-refractivity contribution in [1.82, 2.24) is 0 Å². The van der Waals surface area contributed by atoms with Crippen LogP contribution >= 0.6 is 104 Å². The average Bonchev–Trinajstić information content (AvgIpc) is 2.94. The second-order valence-electron chi connectivity index (χ2n) is 8.88. The van der Waals surface area contributed by atoms with Gasteiger partial charge in [0.05, 0.1) is 36.5 Å². The van der Waals surface area contributed by atoms with Crippen molar-refractivity contribution in [3.05, 3.63) is 36.5 Å². The third-order valence-corrected chi connectivity index (χ3v) is 6.76. The number of carbonyl (C=O) groups is 3. The number of ether oxygens (including phenoxy) is 3. The maximum Gasteiger partial charge on any atom is 2.00 e. The molecule has 3 N–H and O–H groups in total. The molecule has 0 aliphatic carbocycles. The molecule has 0 aromatic rings. The fraction of sp³-hybridized carbons (Fsp3) is 0.667. The Morgan fingerprint density at radius 1 is 0.532 bits per heavy atom. The van der Waals surface area contributed by atoms with E-state index in [1.807, 2.05) is 20.8 Å². The van der Waals surface area contributed by atoms with Gasteiger partial charge in [0.2, 0.25) is 11.4 Å². The zero-order valence-corrected chi connectivity index (χ0v) is 34.0. The fourth-order valence-corrected chi connectivity index (χ4v) is 3.32. The smallest absolute Gasteiger partial charge is 2.00 e. The molecule has 0 rings (SSSR count). The van der Waals surface area contributed by atoms with Gasteiger partial charge < -0.3 is 35.0 Å². The number of hydrogen-bond donors (Lipinski definition) is 3. The molecular formula is C27H39Cl9O10V. The van der Waals surface area contributed by atoms with Crippen LogP contribution in [-0.2, 0) is 52.6 Å². The second-order valence-corrected chi connectivity index (χ2v) is 16.0. The summed E-state index contributed by atoms with van der Waals surface area (Å²) in [6.07, 6.45) is 0.228. The topological polar surface area (TPSA) is 168 Å². The first-order chi connectivity index (χ1) is 20.4. The first kappa shape index (κ1) is 57.0.